The molecule has 1 amide bonds. The van der Waals surface area contributed by atoms with Crippen LogP contribution in [0.15, 0.2) is 12.4 Å². The average molecular weight is 264 g/mol. The maximum absolute atomic E-state index is 12.1. The average Bonchev–Trinajstić information content (AvgIpc) is 2.97. The second-order valence-corrected chi connectivity index (χ2v) is 5.37. The van der Waals surface area contributed by atoms with Gasteiger partial charge in [0.25, 0.3) is 5.91 Å². The van der Waals surface area contributed by atoms with Crippen molar-refractivity contribution in [1.29, 1.82) is 0 Å². The van der Waals surface area contributed by atoms with E-state index in [9.17, 15) is 4.79 Å². The molecule has 96 valence electrons. The van der Waals surface area contributed by atoms with E-state index in [0.29, 0.717) is 5.82 Å². The van der Waals surface area contributed by atoms with Crippen LogP contribution < -0.4 is 5.32 Å². The van der Waals surface area contributed by atoms with Crippen molar-refractivity contribution < 1.29 is 4.79 Å². The van der Waals surface area contributed by atoms with Gasteiger partial charge in [0.05, 0.1) is 10.9 Å². The molecule has 0 saturated carbocycles. The van der Waals surface area contributed by atoms with Gasteiger partial charge >= 0.3 is 0 Å². The number of hydrogen-bond acceptors (Lipinski definition) is 4. The van der Waals surface area contributed by atoms with Crippen molar-refractivity contribution in [1.82, 2.24) is 20.5 Å². The molecule has 0 spiro atoms. The van der Waals surface area contributed by atoms with Crippen molar-refractivity contribution in [3.8, 4) is 0 Å². The van der Waals surface area contributed by atoms with Crippen LogP contribution in [-0.4, -0.2) is 21.1 Å². The summed E-state index contributed by atoms with van der Waals surface area (Å²) in [7, 11) is 0. The summed E-state index contributed by atoms with van der Waals surface area (Å²) in [6.07, 6.45) is 2.38. The molecule has 0 aliphatic carbocycles. The van der Waals surface area contributed by atoms with Crippen LogP contribution in [0.2, 0.25) is 0 Å². The molecule has 0 aromatic carbocycles. The highest BCUT2D eigenvalue weighted by Gasteiger charge is 2.16. The van der Waals surface area contributed by atoms with E-state index in [-0.39, 0.29) is 11.9 Å². The minimum atomic E-state index is -0.174. The lowest BCUT2D eigenvalue weighted by Crippen LogP contribution is -2.26. The molecule has 1 atom stereocenters. The predicted octanol–water partition coefficient (Wildman–Crippen LogP) is 2.23. The molecule has 0 fully saturated rings. The Morgan fingerprint density at radius 3 is 2.94 bits per heavy atom. The zero-order chi connectivity index (χ0) is 13.1. The molecule has 2 N–H and O–H groups in total. The number of H-pyrrole nitrogens is 1. The topological polar surface area (TPSA) is 70.7 Å². The second-order valence-electron chi connectivity index (χ2n) is 4.11. The lowest BCUT2D eigenvalue weighted by atomic mass is 10.2. The molecule has 2 aromatic heterocycles. The Labute approximate surface area is 110 Å². The summed E-state index contributed by atoms with van der Waals surface area (Å²) in [6, 6.07) is 1.79. The van der Waals surface area contributed by atoms with Gasteiger partial charge in [-0.3, -0.25) is 9.89 Å². The lowest BCUT2D eigenvalue weighted by molar-refractivity contribution is 0.0942. The molecular formula is C12H16N4OS. The molecule has 0 radical (unpaired) electrons. The van der Waals surface area contributed by atoms with E-state index >= 15 is 0 Å². The van der Waals surface area contributed by atoms with Crippen LogP contribution in [0.1, 0.15) is 45.8 Å². The Kier molecular flexibility index (Phi) is 3.76. The molecule has 2 rings (SSSR count). The second kappa shape index (κ2) is 5.30. The van der Waals surface area contributed by atoms with Crippen molar-refractivity contribution in [2.24, 2.45) is 0 Å². The molecular weight excluding hydrogens is 248 g/mol. The largest absolute Gasteiger partial charge is 0.342 e. The summed E-state index contributed by atoms with van der Waals surface area (Å²) in [6.45, 7) is 6.01. The van der Waals surface area contributed by atoms with E-state index in [4.69, 9.17) is 0 Å². The standard InChI is InChI=1S/C12H16N4OS/c1-4-9-5-10(18-8(9)3)12(17)15-7(2)11-13-6-14-16-11/h5-7H,4H2,1-3H3,(H,15,17)(H,13,14,16). The van der Waals surface area contributed by atoms with Gasteiger partial charge < -0.3 is 5.32 Å². The minimum Gasteiger partial charge on any atom is -0.342 e. The molecule has 18 heavy (non-hydrogen) atoms. The minimum absolute atomic E-state index is 0.0632. The SMILES string of the molecule is CCc1cc(C(=O)NC(C)c2ncn[nH]2)sc1C. The summed E-state index contributed by atoms with van der Waals surface area (Å²) in [4.78, 5) is 18.0. The number of aromatic amines is 1. The first kappa shape index (κ1) is 12.8. The molecule has 6 heteroatoms. The zero-order valence-electron chi connectivity index (χ0n) is 10.7. The molecule has 1 unspecified atom stereocenters. The van der Waals surface area contributed by atoms with Gasteiger partial charge in [-0.25, -0.2) is 4.98 Å². The third kappa shape index (κ3) is 2.59. The van der Waals surface area contributed by atoms with E-state index in [1.807, 2.05) is 19.9 Å². The monoisotopic (exact) mass is 264 g/mol. The van der Waals surface area contributed by atoms with Crippen molar-refractivity contribution in [3.63, 3.8) is 0 Å². The first-order chi connectivity index (χ1) is 8.61. The number of aryl methyl sites for hydroxylation is 2. The summed E-state index contributed by atoms with van der Waals surface area (Å²) in [5, 5.41) is 9.42. The Morgan fingerprint density at radius 2 is 2.39 bits per heavy atom. The first-order valence-corrected chi connectivity index (χ1v) is 6.69. The predicted molar refractivity (Wildman–Crippen MR) is 70.7 cm³/mol. The van der Waals surface area contributed by atoms with E-state index in [2.05, 4.69) is 27.4 Å². The van der Waals surface area contributed by atoms with Gasteiger partial charge in [0.15, 0.2) is 0 Å². The van der Waals surface area contributed by atoms with Gasteiger partial charge in [0.2, 0.25) is 0 Å². The van der Waals surface area contributed by atoms with Crippen LogP contribution in [0.3, 0.4) is 0 Å². The van der Waals surface area contributed by atoms with Crippen LogP contribution in [0.5, 0.6) is 0 Å². The van der Waals surface area contributed by atoms with Gasteiger partial charge in [0.1, 0.15) is 12.2 Å². The van der Waals surface area contributed by atoms with Crippen LogP contribution in [-0.2, 0) is 6.42 Å². The van der Waals surface area contributed by atoms with Crippen LogP contribution in [0.4, 0.5) is 0 Å². The molecule has 2 heterocycles. The fourth-order valence-corrected chi connectivity index (χ4v) is 2.76. The number of thiophene rings is 1. The van der Waals surface area contributed by atoms with Gasteiger partial charge in [-0.05, 0) is 31.9 Å². The number of carbonyl (C=O) groups excluding carboxylic acids is 1. The molecule has 0 saturated heterocycles. The molecule has 2 aromatic rings. The number of aromatic nitrogens is 3. The van der Waals surface area contributed by atoms with Gasteiger partial charge in [0, 0.05) is 4.88 Å². The molecule has 5 nitrogen and oxygen atoms in total. The Hall–Kier alpha value is -1.69. The molecule has 0 bridgehead atoms. The molecule has 0 aliphatic rings. The Bertz CT molecular complexity index is 532. The number of amides is 1. The number of hydrogen-bond donors (Lipinski definition) is 2. The third-order valence-corrected chi connectivity index (χ3v) is 3.91. The van der Waals surface area contributed by atoms with Crippen LogP contribution in [0, 0.1) is 6.92 Å². The van der Waals surface area contributed by atoms with Crippen molar-refractivity contribution in [2.45, 2.75) is 33.2 Å². The highest BCUT2D eigenvalue weighted by Crippen LogP contribution is 2.22. The van der Waals surface area contributed by atoms with Gasteiger partial charge in [-0.1, -0.05) is 6.92 Å². The van der Waals surface area contributed by atoms with E-state index in [1.165, 1.54) is 28.1 Å². The highest BCUT2D eigenvalue weighted by molar-refractivity contribution is 7.14. The number of nitrogens with zero attached hydrogens (tertiary/aromatic N) is 2. The van der Waals surface area contributed by atoms with E-state index in [1.54, 1.807) is 0 Å². The fourth-order valence-electron chi connectivity index (χ4n) is 1.74. The fraction of sp³-hybridized carbons (Fsp3) is 0.417. The number of rotatable bonds is 4. The quantitative estimate of drug-likeness (QED) is 0.889. The zero-order valence-corrected chi connectivity index (χ0v) is 11.5. The Balaban J connectivity index is 2.07. The summed E-state index contributed by atoms with van der Waals surface area (Å²) in [5.41, 5.74) is 1.23. The summed E-state index contributed by atoms with van der Waals surface area (Å²) >= 11 is 1.53. The number of nitrogens with one attached hydrogen (secondary N) is 2. The number of carbonyl (C=O) groups is 1. The maximum atomic E-state index is 12.1. The van der Waals surface area contributed by atoms with Gasteiger partial charge in [-0.2, -0.15) is 5.10 Å². The summed E-state index contributed by atoms with van der Waals surface area (Å²) in [5.74, 6) is 0.596. The smallest absolute Gasteiger partial charge is 0.261 e. The van der Waals surface area contributed by atoms with Crippen molar-refractivity contribution >= 4 is 17.2 Å². The maximum Gasteiger partial charge on any atom is 0.261 e. The van der Waals surface area contributed by atoms with Crippen molar-refractivity contribution in [3.05, 3.63) is 33.5 Å². The highest BCUT2D eigenvalue weighted by atomic mass is 32.1. The first-order valence-electron chi connectivity index (χ1n) is 5.87. The van der Waals surface area contributed by atoms with E-state index in [0.717, 1.165) is 11.3 Å². The van der Waals surface area contributed by atoms with E-state index < -0.39 is 0 Å². The van der Waals surface area contributed by atoms with Crippen molar-refractivity contribution in [2.75, 3.05) is 0 Å². The normalized spacial score (nSPS) is 12.4. The molecule has 0 aliphatic heterocycles. The van der Waals surface area contributed by atoms with Gasteiger partial charge in [-0.15, -0.1) is 11.3 Å². The third-order valence-electron chi connectivity index (χ3n) is 2.82. The van der Waals surface area contributed by atoms with Crippen LogP contribution in [0.25, 0.3) is 0 Å². The lowest BCUT2D eigenvalue weighted by Gasteiger charge is -2.09. The van der Waals surface area contributed by atoms with Crippen LogP contribution >= 0.6 is 11.3 Å². The Morgan fingerprint density at radius 1 is 1.61 bits per heavy atom. The summed E-state index contributed by atoms with van der Waals surface area (Å²) < 4.78 is 0.